The fraction of sp³-hybridized carbons (Fsp3) is 0.767. The summed E-state index contributed by atoms with van der Waals surface area (Å²) in [6.07, 6.45) is 0.468. The maximum atomic E-state index is 14.4. The minimum atomic E-state index is -0.862. The van der Waals surface area contributed by atoms with E-state index in [9.17, 15) is 24.3 Å². The van der Waals surface area contributed by atoms with Crippen LogP contribution in [-0.2, 0) is 28.7 Å². The molecule has 1 aliphatic rings. The van der Waals surface area contributed by atoms with Gasteiger partial charge in [0.1, 0.15) is 0 Å². The Kier molecular flexibility index (Phi) is 18.8. The molecular formula is C43H74N4O7. The van der Waals surface area contributed by atoms with E-state index < -0.39 is 36.3 Å². The summed E-state index contributed by atoms with van der Waals surface area (Å²) in [7, 11) is 6.90. The van der Waals surface area contributed by atoms with E-state index in [0.29, 0.717) is 18.5 Å². The molecule has 1 aromatic rings. The van der Waals surface area contributed by atoms with Crippen LogP contribution in [0, 0.1) is 23.7 Å². The second-order valence-corrected chi connectivity index (χ2v) is 17.3. The number of likely N-dealkylation sites (tertiary alicyclic amines) is 1. The lowest BCUT2D eigenvalue weighted by Crippen LogP contribution is -2.55. The van der Waals surface area contributed by atoms with Gasteiger partial charge in [0, 0.05) is 45.7 Å². The highest BCUT2D eigenvalue weighted by Crippen LogP contribution is 2.31. The lowest BCUT2D eigenvalue weighted by Gasteiger charge is -2.42. The first-order chi connectivity index (χ1) is 25.2. The molecule has 0 aromatic heterocycles. The number of carbonyl (C=O) groups is 4. The molecule has 1 fully saturated rings. The number of nitrogens with zero attached hydrogens (tertiary/aromatic N) is 3. The van der Waals surface area contributed by atoms with Crippen molar-refractivity contribution in [2.75, 3.05) is 34.9 Å². The van der Waals surface area contributed by atoms with E-state index in [1.807, 2.05) is 51.2 Å². The number of carbonyl (C=O) groups excluding carboxylic acids is 4. The summed E-state index contributed by atoms with van der Waals surface area (Å²) in [5, 5.41) is 13.7. The third-order valence-electron chi connectivity index (χ3n) is 11.8. The summed E-state index contributed by atoms with van der Waals surface area (Å²) >= 11 is 0. The number of hydrogen-bond donors (Lipinski definition) is 2. The summed E-state index contributed by atoms with van der Waals surface area (Å²) in [5.74, 6) is -0.946. The third kappa shape index (κ3) is 12.6. The number of ketones is 1. The van der Waals surface area contributed by atoms with Crippen LogP contribution in [-0.4, -0.2) is 120 Å². The molecule has 0 spiro atoms. The number of ether oxygens (including phenoxy) is 2. The first-order valence-corrected chi connectivity index (χ1v) is 20.1. The molecule has 2 N–H and O–H groups in total. The summed E-state index contributed by atoms with van der Waals surface area (Å²) in [5.41, 5.74) is 0.502. The predicted octanol–water partition coefficient (Wildman–Crippen LogP) is 5.89. The van der Waals surface area contributed by atoms with Gasteiger partial charge in [0.15, 0.2) is 5.78 Å². The molecule has 11 heteroatoms. The Morgan fingerprint density at radius 2 is 1.54 bits per heavy atom. The maximum Gasteiger partial charge on any atom is 0.226 e. The van der Waals surface area contributed by atoms with Crippen LogP contribution in [0.25, 0.3) is 0 Å². The highest BCUT2D eigenvalue weighted by atomic mass is 16.5. The lowest BCUT2D eigenvalue weighted by atomic mass is 9.83. The number of amides is 3. The van der Waals surface area contributed by atoms with Crippen molar-refractivity contribution >= 4 is 23.5 Å². The zero-order chi connectivity index (χ0) is 41.1. The summed E-state index contributed by atoms with van der Waals surface area (Å²) in [6, 6.07) is 7.64. The van der Waals surface area contributed by atoms with Gasteiger partial charge in [0.05, 0.1) is 55.3 Å². The zero-order valence-corrected chi connectivity index (χ0v) is 35.9. The third-order valence-corrected chi connectivity index (χ3v) is 11.8. The number of aliphatic hydroxyl groups is 1. The number of likely N-dealkylation sites (N-methyl/N-ethyl adjacent to an activating group) is 2. The Hall–Kier alpha value is -2.86. The van der Waals surface area contributed by atoms with Crippen LogP contribution in [0.3, 0.4) is 0 Å². The van der Waals surface area contributed by atoms with Gasteiger partial charge >= 0.3 is 0 Å². The Labute approximate surface area is 326 Å². The van der Waals surface area contributed by atoms with Crippen LogP contribution in [0.1, 0.15) is 119 Å². The topological polar surface area (TPSA) is 129 Å². The van der Waals surface area contributed by atoms with Crippen molar-refractivity contribution in [1.29, 1.82) is 0 Å². The molecular weight excluding hydrogens is 684 g/mol. The SMILES string of the molecule is CCC(C)[C@@H]([C@@H](CC(=O)N1CCC[C@H]1[C@@H](CC(=O)N[C@H](C)[C@@H](O)c1ccccc1)OC)OC)N(C)C(=O)[C@@H](CC(=O)[C@H](C(C)C)N(C)C(C)(C)C)C(C)C. The fourth-order valence-corrected chi connectivity index (χ4v) is 8.06. The number of aliphatic hydroxyl groups excluding tert-OH is 1. The zero-order valence-electron chi connectivity index (χ0n) is 35.9. The molecule has 9 atom stereocenters. The summed E-state index contributed by atoms with van der Waals surface area (Å²) in [4.78, 5) is 61.3. The van der Waals surface area contributed by atoms with Gasteiger partial charge in [-0.1, -0.05) is 78.3 Å². The first kappa shape index (κ1) is 47.3. The van der Waals surface area contributed by atoms with E-state index in [1.54, 1.807) is 38.0 Å². The molecule has 11 nitrogen and oxygen atoms in total. The Bertz CT molecular complexity index is 1330. The van der Waals surface area contributed by atoms with E-state index in [1.165, 1.54) is 0 Å². The van der Waals surface area contributed by atoms with E-state index >= 15 is 0 Å². The van der Waals surface area contributed by atoms with Crippen LogP contribution in [0.15, 0.2) is 30.3 Å². The minimum Gasteiger partial charge on any atom is -0.386 e. The van der Waals surface area contributed by atoms with Crippen molar-refractivity contribution in [2.45, 2.75) is 156 Å². The monoisotopic (exact) mass is 759 g/mol. The molecule has 1 saturated heterocycles. The van der Waals surface area contributed by atoms with Crippen molar-refractivity contribution in [3.05, 3.63) is 35.9 Å². The number of Topliss-reactive ketones (excluding diaryl/α,β-unsaturated/α-hetero) is 1. The molecule has 0 radical (unpaired) electrons. The lowest BCUT2D eigenvalue weighted by molar-refractivity contribution is -0.149. The second kappa shape index (κ2) is 21.4. The van der Waals surface area contributed by atoms with Crippen molar-refractivity contribution in [2.24, 2.45) is 23.7 Å². The van der Waals surface area contributed by atoms with Gasteiger partial charge in [0.2, 0.25) is 17.7 Å². The molecule has 1 aromatic carbocycles. The Balaban J connectivity index is 2.24. The molecule has 0 saturated carbocycles. The summed E-state index contributed by atoms with van der Waals surface area (Å²) in [6.45, 7) is 20.8. The molecule has 2 rings (SSSR count). The van der Waals surface area contributed by atoms with Gasteiger partial charge in [-0.2, -0.15) is 0 Å². The van der Waals surface area contributed by atoms with Crippen molar-refractivity contribution in [3.63, 3.8) is 0 Å². The number of rotatable bonds is 21. The average molecular weight is 759 g/mol. The van der Waals surface area contributed by atoms with Gasteiger partial charge < -0.3 is 29.7 Å². The molecule has 1 unspecified atom stereocenters. The Morgan fingerprint density at radius 1 is 0.926 bits per heavy atom. The number of hydrogen-bond acceptors (Lipinski definition) is 8. The maximum absolute atomic E-state index is 14.4. The molecule has 308 valence electrons. The molecule has 3 amide bonds. The standard InChI is InChI=1S/C43H74N4O7/c1-15-29(6)40(45(11)42(52)32(27(2)3)24-34(48)39(28(4)5)46(12)43(8,9)10)36(54-14)26-38(50)47-23-19-22-33(47)35(53-13)25-37(49)44-30(7)41(51)31-20-17-16-18-21-31/h16-18,20-21,27-30,32-33,35-36,39-41,51H,15,19,22-26H2,1-14H3,(H,44,49)/t29?,30-,32+,33+,35-,36-,39+,40+,41-/m1/s1. The predicted molar refractivity (Wildman–Crippen MR) is 215 cm³/mol. The molecule has 54 heavy (non-hydrogen) atoms. The van der Waals surface area contributed by atoms with Crippen molar-refractivity contribution in [3.8, 4) is 0 Å². The van der Waals surface area contributed by atoms with E-state index in [4.69, 9.17) is 9.47 Å². The normalized spacial score (nSPS) is 19.6. The van der Waals surface area contributed by atoms with Crippen molar-refractivity contribution in [1.82, 2.24) is 20.0 Å². The van der Waals surface area contributed by atoms with Crippen LogP contribution < -0.4 is 5.32 Å². The molecule has 1 aliphatic heterocycles. The number of benzene rings is 1. The van der Waals surface area contributed by atoms with Gasteiger partial charge in [-0.3, -0.25) is 24.1 Å². The van der Waals surface area contributed by atoms with Crippen molar-refractivity contribution < 1.29 is 33.8 Å². The van der Waals surface area contributed by atoms with Crippen LogP contribution in [0.4, 0.5) is 0 Å². The van der Waals surface area contributed by atoms with Crippen LogP contribution in [0.5, 0.6) is 0 Å². The smallest absolute Gasteiger partial charge is 0.226 e. The second-order valence-electron chi connectivity index (χ2n) is 17.3. The van der Waals surface area contributed by atoms with E-state index in [0.717, 1.165) is 12.8 Å². The number of methoxy groups -OCH3 is 2. The van der Waals surface area contributed by atoms with E-state index in [-0.39, 0.29) is 78.1 Å². The molecule has 0 bridgehead atoms. The van der Waals surface area contributed by atoms with Gasteiger partial charge in [-0.05, 0) is 70.9 Å². The first-order valence-electron chi connectivity index (χ1n) is 20.1. The molecule has 1 heterocycles. The summed E-state index contributed by atoms with van der Waals surface area (Å²) < 4.78 is 11.9. The van der Waals surface area contributed by atoms with E-state index in [2.05, 4.69) is 58.7 Å². The Morgan fingerprint density at radius 3 is 2.04 bits per heavy atom. The van der Waals surface area contributed by atoms with Crippen LogP contribution in [0.2, 0.25) is 0 Å². The quantitative estimate of drug-likeness (QED) is 0.159. The highest BCUT2D eigenvalue weighted by Gasteiger charge is 2.42. The highest BCUT2D eigenvalue weighted by molar-refractivity contribution is 5.90. The average Bonchev–Trinajstić information content (AvgIpc) is 3.61. The number of nitrogens with one attached hydrogen (secondary N) is 1. The fourth-order valence-electron chi connectivity index (χ4n) is 8.06. The van der Waals surface area contributed by atoms with Gasteiger partial charge in [0.25, 0.3) is 0 Å². The van der Waals surface area contributed by atoms with Gasteiger partial charge in [-0.25, -0.2) is 0 Å². The van der Waals surface area contributed by atoms with Crippen LogP contribution >= 0.6 is 0 Å². The minimum absolute atomic E-state index is 0.00803. The largest absolute Gasteiger partial charge is 0.386 e. The van der Waals surface area contributed by atoms with Gasteiger partial charge in [-0.15, -0.1) is 0 Å². The molecule has 0 aliphatic carbocycles.